The fourth-order valence-corrected chi connectivity index (χ4v) is 2.19. The van der Waals surface area contributed by atoms with E-state index >= 15 is 0 Å². The van der Waals surface area contributed by atoms with E-state index < -0.39 is 0 Å². The summed E-state index contributed by atoms with van der Waals surface area (Å²) in [6.07, 6.45) is 1.99. The summed E-state index contributed by atoms with van der Waals surface area (Å²) < 4.78 is 0. The lowest BCUT2D eigenvalue weighted by Crippen LogP contribution is -2.01. The molecule has 0 aliphatic rings. The summed E-state index contributed by atoms with van der Waals surface area (Å²) in [4.78, 5) is 11.6. The number of nitro groups is 1. The van der Waals surface area contributed by atoms with Crippen molar-refractivity contribution >= 4 is 17.4 Å². The topological polar surface area (TPSA) is 43.1 Å². The molecule has 0 bridgehead atoms. The summed E-state index contributed by atoms with van der Waals surface area (Å²) in [5, 5.41) is 12.9. The maximum atomic E-state index is 11.0. The van der Waals surface area contributed by atoms with Crippen LogP contribution in [0.1, 0.15) is 10.4 Å². The van der Waals surface area contributed by atoms with E-state index in [0.29, 0.717) is 6.42 Å². The average molecular weight is 245 g/mol. The fraction of sp³-hybridized carbons (Fsp3) is 0.0769. The number of hydrogen-bond acceptors (Lipinski definition) is 3. The normalized spacial score (nSPS) is 11.4. The Bertz CT molecular complexity index is 518. The van der Waals surface area contributed by atoms with Crippen molar-refractivity contribution in [2.75, 3.05) is 0 Å². The van der Waals surface area contributed by atoms with Crippen LogP contribution in [0.25, 0.3) is 6.08 Å². The molecule has 0 radical (unpaired) electrons. The third kappa shape index (κ3) is 3.26. The van der Waals surface area contributed by atoms with Crippen molar-refractivity contribution in [1.82, 2.24) is 0 Å². The maximum Gasteiger partial charge on any atom is 0.252 e. The van der Waals surface area contributed by atoms with Gasteiger partial charge in [-0.05, 0) is 17.0 Å². The van der Waals surface area contributed by atoms with Gasteiger partial charge in [0.25, 0.3) is 5.70 Å². The fourth-order valence-electron chi connectivity index (χ4n) is 1.51. The van der Waals surface area contributed by atoms with Gasteiger partial charge in [0.2, 0.25) is 0 Å². The van der Waals surface area contributed by atoms with Crippen LogP contribution >= 0.6 is 11.3 Å². The first-order chi connectivity index (χ1) is 8.25. The molecule has 3 nitrogen and oxygen atoms in total. The second-order valence-electron chi connectivity index (χ2n) is 3.57. The van der Waals surface area contributed by atoms with Crippen molar-refractivity contribution in [2.24, 2.45) is 0 Å². The van der Waals surface area contributed by atoms with Crippen LogP contribution in [0.15, 0.2) is 53.5 Å². The zero-order chi connectivity index (χ0) is 12.1. The number of nitrogens with zero attached hydrogens (tertiary/aromatic N) is 1. The van der Waals surface area contributed by atoms with Crippen molar-refractivity contribution in [1.29, 1.82) is 0 Å². The van der Waals surface area contributed by atoms with Gasteiger partial charge in [0, 0.05) is 11.0 Å². The standard InChI is InChI=1S/C13H11NO2S/c15-14(16)12(10-13-7-4-8-17-13)9-11-5-2-1-3-6-11/h1-8,10H,9H2. The Labute approximate surface area is 103 Å². The predicted molar refractivity (Wildman–Crippen MR) is 69.4 cm³/mol. The zero-order valence-corrected chi connectivity index (χ0v) is 9.89. The molecule has 0 spiro atoms. The highest BCUT2D eigenvalue weighted by Gasteiger charge is 2.11. The summed E-state index contributed by atoms with van der Waals surface area (Å²) in [6, 6.07) is 13.2. The van der Waals surface area contributed by atoms with Gasteiger partial charge in [-0.3, -0.25) is 10.1 Å². The van der Waals surface area contributed by atoms with Crippen LogP contribution < -0.4 is 0 Å². The summed E-state index contributed by atoms with van der Waals surface area (Å²) in [7, 11) is 0. The molecular weight excluding hydrogens is 234 g/mol. The molecule has 17 heavy (non-hydrogen) atoms. The van der Waals surface area contributed by atoms with Gasteiger partial charge in [0.05, 0.1) is 11.3 Å². The number of rotatable bonds is 4. The van der Waals surface area contributed by atoms with Crippen LogP contribution in [0, 0.1) is 10.1 Å². The van der Waals surface area contributed by atoms with Crippen molar-refractivity contribution < 1.29 is 4.92 Å². The van der Waals surface area contributed by atoms with E-state index in [0.717, 1.165) is 10.4 Å². The molecule has 86 valence electrons. The first-order valence-corrected chi connectivity index (χ1v) is 6.06. The van der Waals surface area contributed by atoms with Gasteiger partial charge in [-0.2, -0.15) is 0 Å². The van der Waals surface area contributed by atoms with Crippen molar-refractivity contribution in [3.05, 3.63) is 74.1 Å². The van der Waals surface area contributed by atoms with E-state index in [1.54, 1.807) is 6.08 Å². The van der Waals surface area contributed by atoms with E-state index in [1.807, 2.05) is 47.8 Å². The zero-order valence-electron chi connectivity index (χ0n) is 9.08. The highest BCUT2D eigenvalue weighted by Crippen LogP contribution is 2.16. The van der Waals surface area contributed by atoms with Crippen molar-refractivity contribution in [3.63, 3.8) is 0 Å². The first kappa shape index (κ1) is 11.5. The van der Waals surface area contributed by atoms with Gasteiger partial charge < -0.3 is 0 Å². The van der Waals surface area contributed by atoms with Gasteiger partial charge in [0.15, 0.2) is 0 Å². The molecule has 0 saturated carbocycles. The van der Waals surface area contributed by atoms with E-state index in [2.05, 4.69) is 0 Å². The Morgan fingerprint density at radius 1 is 1.24 bits per heavy atom. The molecule has 1 aromatic carbocycles. The lowest BCUT2D eigenvalue weighted by molar-refractivity contribution is -0.425. The molecule has 0 aliphatic carbocycles. The summed E-state index contributed by atoms with van der Waals surface area (Å²) in [6.45, 7) is 0. The molecule has 0 fully saturated rings. The molecule has 1 aromatic heterocycles. The van der Waals surface area contributed by atoms with E-state index in [9.17, 15) is 10.1 Å². The first-order valence-electron chi connectivity index (χ1n) is 5.18. The van der Waals surface area contributed by atoms with Crippen molar-refractivity contribution in [2.45, 2.75) is 6.42 Å². The molecule has 4 heteroatoms. The van der Waals surface area contributed by atoms with Gasteiger partial charge in [-0.25, -0.2) is 0 Å². The van der Waals surface area contributed by atoms with Crippen LogP contribution in [0.3, 0.4) is 0 Å². The minimum Gasteiger partial charge on any atom is -0.259 e. The molecule has 2 rings (SSSR count). The number of benzene rings is 1. The highest BCUT2D eigenvalue weighted by atomic mass is 32.1. The van der Waals surface area contributed by atoms with Crippen LogP contribution in [-0.4, -0.2) is 4.92 Å². The molecule has 0 saturated heterocycles. The Balaban J connectivity index is 2.22. The maximum absolute atomic E-state index is 11.0. The minimum atomic E-state index is -0.313. The third-order valence-corrected chi connectivity index (χ3v) is 3.13. The second kappa shape index (κ2) is 5.41. The Morgan fingerprint density at radius 2 is 2.00 bits per heavy atom. The highest BCUT2D eigenvalue weighted by molar-refractivity contribution is 7.10. The van der Waals surface area contributed by atoms with Gasteiger partial charge >= 0.3 is 0 Å². The van der Waals surface area contributed by atoms with Crippen LogP contribution in [-0.2, 0) is 6.42 Å². The molecule has 0 amide bonds. The number of hydrogen-bond donors (Lipinski definition) is 0. The largest absolute Gasteiger partial charge is 0.259 e. The SMILES string of the molecule is O=[N+]([O-])C(=Cc1cccs1)Cc1ccccc1. The van der Waals surface area contributed by atoms with E-state index in [4.69, 9.17) is 0 Å². The third-order valence-electron chi connectivity index (χ3n) is 2.31. The smallest absolute Gasteiger partial charge is 0.252 e. The summed E-state index contributed by atoms with van der Waals surface area (Å²) >= 11 is 1.50. The quantitative estimate of drug-likeness (QED) is 0.610. The summed E-state index contributed by atoms with van der Waals surface area (Å²) in [5.41, 5.74) is 1.17. The van der Waals surface area contributed by atoms with Crippen LogP contribution in [0.2, 0.25) is 0 Å². The monoisotopic (exact) mass is 245 g/mol. The minimum absolute atomic E-state index is 0.221. The van der Waals surface area contributed by atoms with Crippen LogP contribution in [0.5, 0.6) is 0 Å². The molecule has 0 aliphatic heterocycles. The average Bonchev–Trinajstić information content (AvgIpc) is 2.82. The van der Waals surface area contributed by atoms with Crippen molar-refractivity contribution in [3.8, 4) is 0 Å². The number of thiophene rings is 1. The van der Waals surface area contributed by atoms with Crippen LogP contribution in [0.4, 0.5) is 0 Å². The second-order valence-corrected chi connectivity index (χ2v) is 4.55. The molecular formula is C13H11NO2S. The Morgan fingerprint density at radius 3 is 2.59 bits per heavy atom. The molecule has 1 heterocycles. The molecule has 0 atom stereocenters. The number of allylic oxidation sites excluding steroid dienone is 1. The molecule has 0 N–H and O–H groups in total. The van der Waals surface area contributed by atoms with E-state index in [1.165, 1.54) is 11.3 Å². The Kier molecular flexibility index (Phi) is 3.67. The van der Waals surface area contributed by atoms with Gasteiger partial charge in [-0.15, -0.1) is 11.3 Å². The predicted octanol–water partition coefficient (Wildman–Crippen LogP) is 3.61. The Hall–Kier alpha value is -1.94. The van der Waals surface area contributed by atoms with Gasteiger partial charge in [0.1, 0.15) is 0 Å². The lowest BCUT2D eigenvalue weighted by atomic mass is 10.1. The van der Waals surface area contributed by atoms with E-state index in [-0.39, 0.29) is 10.6 Å². The summed E-state index contributed by atoms with van der Waals surface area (Å²) in [5.74, 6) is 0. The molecule has 2 aromatic rings. The molecule has 0 unspecified atom stereocenters. The lowest BCUT2D eigenvalue weighted by Gasteiger charge is -1.98. The van der Waals surface area contributed by atoms with Gasteiger partial charge in [-0.1, -0.05) is 36.4 Å².